The van der Waals surface area contributed by atoms with Gasteiger partial charge < -0.3 is 9.47 Å². The molecule has 1 amide bonds. The number of hydrogen-bond acceptors (Lipinski definition) is 5. The molecule has 114 valence electrons. The van der Waals surface area contributed by atoms with Crippen LogP contribution in [0.3, 0.4) is 0 Å². The van der Waals surface area contributed by atoms with Gasteiger partial charge in [-0.25, -0.2) is 0 Å². The molecule has 1 aliphatic heterocycles. The van der Waals surface area contributed by atoms with Crippen LogP contribution in [0, 0.1) is 5.92 Å². The molecule has 1 heterocycles. The predicted octanol–water partition coefficient (Wildman–Crippen LogP) is 2.32. The summed E-state index contributed by atoms with van der Waals surface area (Å²) in [6.07, 6.45) is -0.0124. The highest BCUT2D eigenvalue weighted by Crippen LogP contribution is 2.24. The fourth-order valence-electron chi connectivity index (χ4n) is 2.39. The number of thiocarbonyl (C=S) groups is 1. The first-order valence-corrected chi connectivity index (χ1v) is 8.14. The molecule has 1 aromatic carbocycles. The lowest BCUT2D eigenvalue weighted by atomic mass is 9.97. The van der Waals surface area contributed by atoms with Gasteiger partial charge in [0, 0.05) is 26.5 Å². The zero-order chi connectivity index (χ0) is 15.2. The van der Waals surface area contributed by atoms with E-state index in [2.05, 4.69) is 0 Å². The number of rotatable bonds is 6. The Labute approximate surface area is 134 Å². The minimum absolute atomic E-state index is 0.0254. The summed E-state index contributed by atoms with van der Waals surface area (Å²) in [6.45, 7) is 0.660. The number of carbonyl (C=O) groups excluding carboxylic acids is 1. The summed E-state index contributed by atoms with van der Waals surface area (Å²) in [6, 6.07) is 9.87. The average molecular weight is 325 g/mol. The van der Waals surface area contributed by atoms with Crippen molar-refractivity contribution in [2.45, 2.75) is 12.7 Å². The van der Waals surface area contributed by atoms with Crippen molar-refractivity contribution in [1.29, 1.82) is 0 Å². The summed E-state index contributed by atoms with van der Waals surface area (Å²) in [4.78, 5) is 14.4. The molecule has 0 N–H and O–H groups in total. The second kappa shape index (κ2) is 7.89. The number of amides is 1. The van der Waals surface area contributed by atoms with Crippen LogP contribution in [0.15, 0.2) is 30.3 Å². The average Bonchev–Trinajstić information content (AvgIpc) is 2.94. The molecule has 1 aliphatic rings. The van der Waals surface area contributed by atoms with E-state index in [1.807, 2.05) is 30.3 Å². The standard InChI is InChI=1S/C15H19NO3S2/c1-18-14(19-2)12(10-11-6-4-3-5-7-11)13(17)16-8-9-21-15(16)20/h3-7,12,14H,8-10H2,1-2H3/t12-/m0/s1. The van der Waals surface area contributed by atoms with Crippen molar-refractivity contribution < 1.29 is 14.3 Å². The first-order chi connectivity index (χ1) is 10.2. The molecule has 0 aliphatic carbocycles. The third-order valence-corrected chi connectivity index (χ3v) is 4.86. The van der Waals surface area contributed by atoms with Gasteiger partial charge in [-0.1, -0.05) is 54.3 Å². The van der Waals surface area contributed by atoms with E-state index in [4.69, 9.17) is 21.7 Å². The maximum atomic E-state index is 12.8. The molecule has 1 aromatic rings. The Morgan fingerprint density at radius 2 is 2.00 bits per heavy atom. The van der Waals surface area contributed by atoms with Crippen LogP contribution in [0.5, 0.6) is 0 Å². The van der Waals surface area contributed by atoms with E-state index >= 15 is 0 Å². The summed E-state index contributed by atoms with van der Waals surface area (Å²) in [5.41, 5.74) is 1.08. The van der Waals surface area contributed by atoms with Gasteiger partial charge in [-0.2, -0.15) is 0 Å². The molecule has 0 saturated carbocycles. The summed E-state index contributed by atoms with van der Waals surface area (Å²) in [5, 5.41) is 0. The van der Waals surface area contributed by atoms with Crippen LogP contribution in [-0.2, 0) is 20.7 Å². The van der Waals surface area contributed by atoms with E-state index < -0.39 is 12.2 Å². The SMILES string of the molecule is COC(OC)[C@@H](Cc1ccccc1)C(=O)N1CCSC1=S. The van der Waals surface area contributed by atoms with Crippen molar-refractivity contribution in [2.24, 2.45) is 5.92 Å². The van der Waals surface area contributed by atoms with Crippen molar-refractivity contribution >= 4 is 34.2 Å². The Balaban J connectivity index is 2.19. The molecule has 4 nitrogen and oxygen atoms in total. The third kappa shape index (κ3) is 4.03. The Bertz CT molecular complexity index is 491. The van der Waals surface area contributed by atoms with Crippen LogP contribution in [-0.4, -0.2) is 47.9 Å². The second-order valence-corrected chi connectivity index (χ2v) is 6.47. The first-order valence-electron chi connectivity index (χ1n) is 6.75. The van der Waals surface area contributed by atoms with E-state index in [0.717, 1.165) is 11.3 Å². The van der Waals surface area contributed by atoms with Crippen molar-refractivity contribution in [2.75, 3.05) is 26.5 Å². The van der Waals surface area contributed by atoms with Crippen LogP contribution < -0.4 is 0 Å². The summed E-state index contributed by atoms with van der Waals surface area (Å²) >= 11 is 6.79. The van der Waals surface area contributed by atoms with E-state index in [1.54, 1.807) is 19.1 Å². The molecule has 1 fully saturated rings. The van der Waals surface area contributed by atoms with E-state index in [9.17, 15) is 4.79 Å². The lowest BCUT2D eigenvalue weighted by molar-refractivity contribution is -0.162. The fraction of sp³-hybridized carbons (Fsp3) is 0.467. The van der Waals surface area contributed by atoms with E-state index in [-0.39, 0.29) is 5.91 Å². The maximum Gasteiger partial charge on any atom is 0.236 e. The first kappa shape index (κ1) is 16.4. The molecule has 6 heteroatoms. The van der Waals surface area contributed by atoms with Gasteiger partial charge in [-0.05, 0) is 12.0 Å². The summed E-state index contributed by atoms with van der Waals surface area (Å²) in [5.74, 6) is 0.425. The van der Waals surface area contributed by atoms with Crippen LogP contribution >= 0.6 is 24.0 Å². The Morgan fingerprint density at radius 1 is 1.33 bits per heavy atom. The smallest absolute Gasteiger partial charge is 0.236 e. The van der Waals surface area contributed by atoms with Gasteiger partial charge in [0.05, 0.1) is 5.92 Å². The largest absolute Gasteiger partial charge is 0.355 e. The number of methoxy groups -OCH3 is 2. The van der Waals surface area contributed by atoms with E-state index in [1.165, 1.54) is 11.8 Å². The third-order valence-electron chi connectivity index (χ3n) is 3.44. The number of carbonyl (C=O) groups is 1. The van der Waals surface area contributed by atoms with Gasteiger partial charge in [0.1, 0.15) is 4.32 Å². The highest BCUT2D eigenvalue weighted by atomic mass is 32.2. The van der Waals surface area contributed by atoms with Gasteiger partial charge in [-0.3, -0.25) is 9.69 Å². The monoisotopic (exact) mass is 325 g/mol. The van der Waals surface area contributed by atoms with Crippen molar-refractivity contribution in [3.8, 4) is 0 Å². The number of hydrogen-bond donors (Lipinski definition) is 0. The maximum absolute atomic E-state index is 12.8. The lowest BCUT2D eigenvalue weighted by Crippen LogP contribution is -2.43. The van der Waals surface area contributed by atoms with Gasteiger partial charge in [0.15, 0.2) is 6.29 Å². The Morgan fingerprint density at radius 3 is 2.52 bits per heavy atom. The van der Waals surface area contributed by atoms with Crippen LogP contribution in [0.2, 0.25) is 0 Å². The van der Waals surface area contributed by atoms with Crippen molar-refractivity contribution in [3.63, 3.8) is 0 Å². The van der Waals surface area contributed by atoms with E-state index in [0.29, 0.717) is 17.3 Å². The quantitative estimate of drug-likeness (QED) is 0.593. The van der Waals surface area contributed by atoms with Gasteiger partial charge in [0.2, 0.25) is 5.91 Å². The molecule has 0 bridgehead atoms. The Kier molecular flexibility index (Phi) is 6.17. The predicted molar refractivity (Wildman–Crippen MR) is 88.2 cm³/mol. The molecular formula is C15H19NO3S2. The summed E-state index contributed by atoms with van der Waals surface area (Å²) < 4.78 is 11.3. The highest BCUT2D eigenvalue weighted by Gasteiger charge is 2.35. The molecular weight excluding hydrogens is 306 g/mol. The van der Waals surface area contributed by atoms with Crippen LogP contribution in [0.4, 0.5) is 0 Å². The zero-order valence-corrected chi connectivity index (χ0v) is 13.8. The highest BCUT2D eigenvalue weighted by molar-refractivity contribution is 8.23. The molecule has 1 atom stereocenters. The minimum Gasteiger partial charge on any atom is -0.355 e. The van der Waals surface area contributed by atoms with Crippen molar-refractivity contribution in [3.05, 3.63) is 35.9 Å². The van der Waals surface area contributed by atoms with Crippen LogP contribution in [0.25, 0.3) is 0 Å². The fourth-order valence-corrected chi connectivity index (χ4v) is 3.60. The topological polar surface area (TPSA) is 38.8 Å². The van der Waals surface area contributed by atoms with Gasteiger partial charge >= 0.3 is 0 Å². The Hall–Kier alpha value is -0.950. The summed E-state index contributed by atoms with van der Waals surface area (Å²) in [7, 11) is 3.10. The number of nitrogens with zero attached hydrogens (tertiary/aromatic N) is 1. The second-order valence-electron chi connectivity index (χ2n) is 4.74. The number of thioether (sulfide) groups is 1. The van der Waals surface area contributed by atoms with Gasteiger partial charge in [0.25, 0.3) is 0 Å². The minimum atomic E-state index is -0.578. The molecule has 0 radical (unpaired) electrons. The van der Waals surface area contributed by atoms with Crippen LogP contribution in [0.1, 0.15) is 5.56 Å². The molecule has 0 spiro atoms. The molecule has 21 heavy (non-hydrogen) atoms. The number of benzene rings is 1. The lowest BCUT2D eigenvalue weighted by Gasteiger charge is -2.27. The zero-order valence-electron chi connectivity index (χ0n) is 12.2. The van der Waals surface area contributed by atoms with Gasteiger partial charge in [-0.15, -0.1) is 0 Å². The van der Waals surface area contributed by atoms with Crippen molar-refractivity contribution in [1.82, 2.24) is 4.90 Å². The number of ether oxygens (including phenoxy) is 2. The molecule has 0 aromatic heterocycles. The normalized spacial score (nSPS) is 16.5. The molecule has 0 unspecified atom stereocenters. The molecule has 1 saturated heterocycles. The molecule has 2 rings (SSSR count).